The third-order valence-corrected chi connectivity index (χ3v) is 3.34. The number of ether oxygens (including phenoxy) is 1. The van der Waals surface area contributed by atoms with E-state index in [1.807, 2.05) is 0 Å². The van der Waals surface area contributed by atoms with E-state index < -0.39 is 0 Å². The Balaban J connectivity index is 2.31. The highest BCUT2D eigenvalue weighted by Gasteiger charge is 2.00. The van der Waals surface area contributed by atoms with Gasteiger partial charge in [-0.05, 0) is 31.2 Å². The summed E-state index contributed by atoms with van der Waals surface area (Å²) in [6, 6.07) is 10.6. The molecule has 0 aliphatic carbocycles. The first-order chi connectivity index (χ1) is 8.76. The van der Waals surface area contributed by atoms with Crippen molar-refractivity contribution in [1.29, 1.82) is 5.26 Å². The molecule has 0 aliphatic heterocycles. The molecule has 18 heavy (non-hydrogen) atoms. The summed E-state index contributed by atoms with van der Waals surface area (Å²) in [4.78, 5) is 1.25. The van der Waals surface area contributed by atoms with Crippen LogP contribution in [-0.2, 0) is 11.3 Å². The monoisotopic (exact) mass is 264 g/mol. The van der Waals surface area contributed by atoms with Gasteiger partial charge in [0.05, 0.1) is 12.7 Å². The van der Waals surface area contributed by atoms with Crippen LogP contribution in [0.5, 0.6) is 0 Å². The lowest BCUT2D eigenvalue weighted by molar-refractivity contribution is 0.117. The largest absolute Gasteiger partial charge is 0.363 e. The first kappa shape index (κ1) is 15.0. The molecule has 1 atom stereocenters. The van der Waals surface area contributed by atoms with Gasteiger partial charge in [0.15, 0.2) is 0 Å². The summed E-state index contributed by atoms with van der Waals surface area (Å²) in [7, 11) is 0. The Morgan fingerprint density at radius 2 is 2.33 bits per heavy atom. The van der Waals surface area contributed by atoms with Crippen molar-refractivity contribution in [1.82, 2.24) is 5.32 Å². The van der Waals surface area contributed by atoms with Crippen LogP contribution in [0.4, 0.5) is 0 Å². The molecule has 0 saturated heterocycles. The minimum Gasteiger partial charge on any atom is -0.363 e. The van der Waals surface area contributed by atoms with Crippen LogP contribution < -0.4 is 5.32 Å². The Kier molecular flexibility index (Phi) is 7.51. The van der Waals surface area contributed by atoms with Crippen molar-refractivity contribution >= 4 is 11.8 Å². The zero-order chi connectivity index (χ0) is 13.2. The molecule has 1 N–H and O–H groups in total. The molecule has 0 aliphatic rings. The third-order valence-electron chi connectivity index (χ3n) is 2.38. The molecule has 0 saturated carbocycles. The second-order valence-corrected chi connectivity index (χ2v) is 5.09. The molecule has 98 valence electrons. The molecule has 1 rings (SSSR count). The predicted molar refractivity (Wildman–Crippen MR) is 75.6 cm³/mol. The van der Waals surface area contributed by atoms with Gasteiger partial charge in [0.1, 0.15) is 6.10 Å². The van der Waals surface area contributed by atoms with Gasteiger partial charge in [-0.25, -0.2) is 0 Å². The zero-order valence-corrected chi connectivity index (χ0v) is 11.8. The molecule has 0 spiro atoms. The second-order valence-electron chi connectivity index (χ2n) is 3.92. The third kappa shape index (κ3) is 6.06. The van der Waals surface area contributed by atoms with E-state index in [9.17, 15) is 0 Å². The maximum atomic E-state index is 8.58. The van der Waals surface area contributed by atoms with E-state index in [1.165, 1.54) is 10.5 Å². The van der Waals surface area contributed by atoms with Gasteiger partial charge in [0.25, 0.3) is 0 Å². The van der Waals surface area contributed by atoms with E-state index in [-0.39, 0.29) is 6.10 Å². The fourth-order valence-corrected chi connectivity index (χ4v) is 2.26. The molecular formula is C14H20N2OS. The minimum atomic E-state index is -0.314. The predicted octanol–water partition coefficient (Wildman–Crippen LogP) is 2.82. The zero-order valence-electron chi connectivity index (χ0n) is 11.0. The molecular weight excluding hydrogens is 244 g/mol. The van der Waals surface area contributed by atoms with Crippen molar-refractivity contribution in [3.05, 3.63) is 29.8 Å². The summed E-state index contributed by atoms with van der Waals surface area (Å²) < 4.78 is 5.31. The van der Waals surface area contributed by atoms with E-state index in [4.69, 9.17) is 10.00 Å². The molecule has 0 amide bonds. The molecule has 0 aromatic heterocycles. The average Bonchev–Trinajstić information content (AvgIpc) is 2.41. The molecule has 4 heteroatoms. The highest BCUT2D eigenvalue weighted by Crippen LogP contribution is 2.19. The quantitative estimate of drug-likeness (QED) is 0.579. The number of nitriles is 1. The maximum absolute atomic E-state index is 8.58. The van der Waals surface area contributed by atoms with Gasteiger partial charge < -0.3 is 10.1 Å². The van der Waals surface area contributed by atoms with E-state index in [0.29, 0.717) is 6.61 Å². The van der Waals surface area contributed by atoms with Crippen LogP contribution in [0.25, 0.3) is 0 Å². The Hall–Kier alpha value is -1.02. The Bertz CT molecular complexity index is 390. The van der Waals surface area contributed by atoms with Crippen LogP contribution in [0.2, 0.25) is 0 Å². The van der Waals surface area contributed by atoms with Gasteiger partial charge in [0, 0.05) is 17.2 Å². The lowest BCUT2D eigenvalue weighted by Crippen LogP contribution is -2.11. The fraction of sp³-hybridized carbons (Fsp3) is 0.500. The standard InChI is InChI=1S/C14H20N2OS/c1-3-16-11-13-5-4-6-14(9-13)18-8-7-17-12(2)10-15/h4-6,9,12,16H,3,7-8,11H2,1-2H3. The van der Waals surface area contributed by atoms with Crippen molar-refractivity contribution in [3.8, 4) is 6.07 Å². The van der Waals surface area contributed by atoms with Crippen molar-refractivity contribution in [3.63, 3.8) is 0 Å². The van der Waals surface area contributed by atoms with Crippen LogP contribution in [0, 0.1) is 11.3 Å². The Morgan fingerprint density at radius 1 is 1.50 bits per heavy atom. The average molecular weight is 264 g/mol. The van der Waals surface area contributed by atoms with E-state index in [2.05, 4.69) is 42.6 Å². The number of nitrogens with one attached hydrogen (secondary N) is 1. The highest BCUT2D eigenvalue weighted by molar-refractivity contribution is 7.99. The summed E-state index contributed by atoms with van der Waals surface area (Å²) in [5.41, 5.74) is 1.30. The SMILES string of the molecule is CCNCc1cccc(SCCOC(C)C#N)c1. The van der Waals surface area contributed by atoms with Gasteiger partial charge in [-0.3, -0.25) is 0 Å². The van der Waals surface area contributed by atoms with Crippen molar-refractivity contribution in [2.45, 2.75) is 31.4 Å². The lowest BCUT2D eigenvalue weighted by atomic mass is 10.2. The number of rotatable bonds is 8. The normalized spacial score (nSPS) is 12.1. The van der Waals surface area contributed by atoms with Crippen LogP contribution in [0.1, 0.15) is 19.4 Å². The minimum absolute atomic E-state index is 0.314. The maximum Gasteiger partial charge on any atom is 0.141 e. The molecule has 0 radical (unpaired) electrons. The van der Waals surface area contributed by atoms with Crippen LogP contribution in [0.3, 0.4) is 0 Å². The van der Waals surface area contributed by atoms with Crippen molar-refractivity contribution in [2.75, 3.05) is 18.9 Å². The summed E-state index contributed by atoms with van der Waals surface area (Å²) >= 11 is 1.76. The van der Waals surface area contributed by atoms with Crippen molar-refractivity contribution in [2.24, 2.45) is 0 Å². The molecule has 0 fully saturated rings. The van der Waals surface area contributed by atoms with Gasteiger partial charge in [0.2, 0.25) is 0 Å². The molecule has 1 unspecified atom stereocenters. The van der Waals surface area contributed by atoms with Gasteiger partial charge in [-0.2, -0.15) is 5.26 Å². The number of hydrogen-bond acceptors (Lipinski definition) is 4. The second kappa shape index (κ2) is 8.98. The molecule has 1 aromatic rings. The summed E-state index contributed by atoms with van der Waals surface area (Å²) in [6.07, 6.45) is -0.314. The summed E-state index contributed by atoms with van der Waals surface area (Å²) in [5, 5.41) is 11.9. The summed E-state index contributed by atoms with van der Waals surface area (Å²) in [6.45, 7) is 6.37. The van der Waals surface area contributed by atoms with E-state index in [1.54, 1.807) is 18.7 Å². The molecule has 0 bridgehead atoms. The molecule has 3 nitrogen and oxygen atoms in total. The van der Waals surface area contributed by atoms with Crippen LogP contribution >= 0.6 is 11.8 Å². The Morgan fingerprint density at radius 3 is 3.06 bits per heavy atom. The summed E-state index contributed by atoms with van der Waals surface area (Å²) in [5.74, 6) is 0.872. The number of thioether (sulfide) groups is 1. The van der Waals surface area contributed by atoms with Gasteiger partial charge >= 0.3 is 0 Å². The molecule has 0 heterocycles. The van der Waals surface area contributed by atoms with E-state index >= 15 is 0 Å². The fourth-order valence-electron chi connectivity index (χ4n) is 1.44. The lowest BCUT2D eigenvalue weighted by Gasteiger charge is -2.07. The highest BCUT2D eigenvalue weighted by atomic mass is 32.2. The first-order valence-electron chi connectivity index (χ1n) is 6.20. The molecule has 1 aromatic carbocycles. The Labute approximate surface area is 114 Å². The number of benzene rings is 1. The van der Waals surface area contributed by atoms with E-state index in [0.717, 1.165) is 18.8 Å². The topological polar surface area (TPSA) is 45.0 Å². The van der Waals surface area contributed by atoms with Crippen LogP contribution in [0.15, 0.2) is 29.2 Å². The van der Waals surface area contributed by atoms with Crippen molar-refractivity contribution < 1.29 is 4.74 Å². The van der Waals surface area contributed by atoms with Crippen LogP contribution in [-0.4, -0.2) is 25.0 Å². The van der Waals surface area contributed by atoms with Gasteiger partial charge in [-0.1, -0.05) is 19.1 Å². The first-order valence-corrected chi connectivity index (χ1v) is 7.18. The number of nitrogens with zero attached hydrogens (tertiary/aromatic N) is 1. The van der Waals surface area contributed by atoms with Gasteiger partial charge in [-0.15, -0.1) is 11.8 Å². The smallest absolute Gasteiger partial charge is 0.141 e. The number of hydrogen-bond donors (Lipinski definition) is 1.